The standard InChI is InChI=1S/C18H16O6/c1-21-12-9-11-13(18(23-3)17(12)22-2)14(19)15(20)16(24-11)10-7-5-4-6-8-10/h4-9,20H,1-3H3. The van der Waals surface area contributed by atoms with E-state index in [1.807, 2.05) is 6.07 Å². The first-order chi connectivity index (χ1) is 11.6. The zero-order valence-corrected chi connectivity index (χ0v) is 13.5. The lowest BCUT2D eigenvalue weighted by Gasteiger charge is -2.15. The molecule has 0 amide bonds. The molecule has 6 nitrogen and oxygen atoms in total. The number of benzene rings is 2. The third-order valence-corrected chi connectivity index (χ3v) is 3.70. The van der Waals surface area contributed by atoms with Crippen LogP contribution in [-0.2, 0) is 0 Å². The Balaban J connectivity index is 2.43. The molecular weight excluding hydrogens is 312 g/mol. The van der Waals surface area contributed by atoms with E-state index in [4.69, 9.17) is 18.6 Å². The maximum absolute atomic E-state index is 12.7. The topological polar surface area (TPSA) is 78.1 Å². The van der Waals surface area contributed by atoms with Crippen molar-refractivity contribution in [3.05, 3.63) is 46.6 Å². The molecule has 0 spiro atoms. The monoisotopic (exact) mass is 328 g/mol. The lowest BCUT2D eigenvalue weighted by atomic mass is 10.1. The Bertz CT molecular complexity index is 943. The summed E-state index contributed by atoms with van der Waals surface area (Å²) in [4.78, 5) is 12.7. The summed E-state index contributed by atoms with van der Waals surface area (Å²) in [6.07, 6.45) is 0. The first kappa shape index (κ1) is 15.7. The lowest BCUT2D eigenvalue weighted by molar-refractivity contribution is 0.326. The van der Waals surface area contributed by atoms with Gasteiger partial charge in [0.2, 0.25) is 16.9 Å². The van der Waals surface area contributed by atoms with E-state index in [0.29, 0.717) is 11.3 Å². The van der Waals surface area contributed by atoms with Crippen LogP contribution in [0.3, 0.4) is 0 Å². The Morgan fingerprint density at radius 1 is 0.958 bits per heavy atom. The molecule has 1 aromatic heterocycles. The fourth-order valence-corrected chi connectivity index (χ4v) is 2.59. The lowest BCUT2D eigenvalue weighted by Crippen LogP contribution is -2.06. The van der Waals surface area contributed by atoms with Crippen molar-refractivity contribution in [1.29, 1.82) is 0 Å². The van der Waals surface area contributed by atoms with Crippen LogP contribution in [0.2, 0.25) is 0 Å². The van der Waals surface area contributed by atoms with Crippen LogP contribution >= 0.6 is 0 Å². The van der Waals surface area contributed by atoms with Gasteiger partial charge in [0.05, 0.1) is 21.3 Å². The molecule has 0 aliphatic heterocycles. The van der Waals surface area contributed by atoms with Crippen molar-refractivity contribution in [3.8, 4) is 34.3 Å². The van der Waals surface area contributed by atoms with Crippen molar-refractivity contribution in [1.82, 2.24) is 0 Å². The summed E-state index contributed by atoms with van der Waals surface area (Å²) in [7, 11) is 4.31. The summed E-state index contributed by atoms with van der Waals surface area (Å²) in [5.41, 5.74) is 0.210. The van der Waals surface area contributed by atoms with E-state index < -0.39 is 11.2 Å². The highest BCUT2D eigenvalue weighted by atomic mass is 16.5. The highest BCUT2D eigenvalue weighted by Crippen LogP contribution is 2.44. The number of rotatable bonds is 4. The predicted octanol–water partition coefficient (Wildman–Crippen LogP) is 3.19. The first-order valence-corrected chi connectivity index (χ1v) is 7.16. The molecule has 1 heterocycles. The van der Waals surface area contributed by atoms with Gasteiger partial charge in [0.15, 0.2) is 17.3 Å². The maximum atomic E-state index is 12.7. The molecule has 124 valence electrons. The minimum absolute atomic E-state index is 0.0855. The van der Waals surface area contributed by atoms with Gasteiger partial charge in [-0.1, -0.05) is 30.3 Å². The van der Waals surface area contributed by atoms with Crippen LogP contribution in [0.4, 0.5) is 0 Å². The van der Waals surface area contributed by atoms with Gasteiger partial charge in [-0.2, -0.15) is 0 Å². The molecule has 0 radical (unpaired) electrons. The first-order valence-electron chi connectivity index (χ1n) is 7.16. The van der Waals surface area contributed by atoms with Gasteiger partial charge in [-0.3, -0.25) is 4.79 Å². The van der Waals surface area contributed by atoms with Crippen molar-refractivity contribution in [2.45, 2.75) is 0 Å². The number of ether oxygens (including phenoxy) is 3. The molecule has 0 aliphatic carbocycles. The second kappa shape index (κ2) is 6.16. The largest absolute Gasteiger partial charge is 0.502 e. The van der Waals surface area contributed by atoms with E-state index >= 15 is 0 Å². The van der Waals surface area contributed by atoms with Crippen LogP contribution in [0, 0.1) is 0 Å². The molecule has 3 rings (SSSR count). The average Bonchev–Trinajstić information content (AvgIpc) is 2.63. The van der Waals surface area contributed by atoms with Crippen LogP contribution in [0.15, 0.2) is 45.6 Å². The quantitative estimate of drug-likeness (QED) is 0.792. The van der Waals surface area contributed by atoms with Crippen molar-refractivity contribution >= 4 is 11.0 Å². The molecule has 0 fully saturated rings. The van der Waals surface area contributed by atoms with Gasteiger partial charge < -0.3 is 23.7 Å². The SMILES string of the molecule is COc1cc2oc(-c3ccccc3)c(O)c(=O)c2c(OC)c1OC. The molecule has 0 unspecified atom stereocenters. The molecule has 0 atom stereocenters. The molecule has 2 aromatic carbocycles. The fourth-order valence-electron chi connectivity index (χ4n) is 2.59. The third-order valence-electron chi connectivity index (χ3n) is 3.70. The molecule has 24 heavy (non-hydrogen) atoms. The van der Waals surface area contributed by atoms with Crippen molar-refractivity contribution < 1.29 is 23.7 Å². The van der Waals surface area contributed by atoms with Gasteiger partial charge in [-0.25, -0.2) is 0 Å². The Morgan fingerprint density at radius 3 is 2.21 bits per heavy atom. The Hall–Kier alpha value is -3.15. The highest BCUT2D eigenvalue weighted by molar-refractivity contribution is 5.91. The minimum Gasteiger partial charge on any atom is -0.502 e. The molecule has 0 saturated heterocycles. The van der Waals surface area contributed by atoms with E-state index in [-0.39, 0.29) is 28.2 Å². The number of fused-ring (bicyclic) bond motifs is 1. The number of hydrogen-bond donors (Lipinski definition) is 1. The van der Waals surface area contributed by atoms with Gasteiger partial charge in [0.1, 0.15) is 11.0 Å². The van der Waals surface area contributed by atoms with Gasteiger partial charge >= 0.3 is 0 Å². The average molecular weight is 328 g/mol. The van der Waals surface area contributed by atoms with E-state index in [2.05, 4.69) is 0 Å². The molecule has 0 bridgehead atoms. The Morgan fingerprint density at radius 2 is 1.62 bits per heavy atom. The summed E-state index contributed by atoms with van der Waals surface area (Å²) >= 11 is 0. The molecule has 6 heteroatoms. The number of hydrogen-bond acceptors (Lipinski definition) is 6. The second-order valence-electron chi connectivity index (χ2n) is 4.99. The van der Waals surface area contributed by atoms with Crippen LogP contribution < -0.4 is 19.6 Å². The van der Waals surface area contributed by atoms with Crippen LogP contribution in [0.5, 0.6) is 23.0 Å². The van der Waals surface area contributed by atoms with Crippen molar-refractivity contribution in [2.75, 3.05) is 21.3 Å². The second-order valence-corrected chi connectivity index (χ2v) is 4.99. The smallest absolute Gasteiger partial charge is 0.238 e. The van der Waals surface area contributed by atoms with E-state index in [9.17, 15) is 9.90 Å². The third kappa shape index (κ3) is 2.32. The Labute approximate surface area is 137 Å². The molecular formula is C18H16O6. The predicted molar refractivity (Wildman–Crippen MR) is 89.2 cm³/mol. The van der Waals surface area contributed by atoms with Gasteiger partial charge in [0.25, 0.3) is 0 Å². The summed E-state index contributed by atoms with van der Waals surface area (Å²) in [5, 5.41) is 10.4. The molecule has 0 aliphatic rings. The number of methoxy groups -OCH3 is 3. The Kier molecular flexibility index (Phi) is 4.04. The van der Waals surface area contributed by atoms with Crippen LogP contribution in [0.1, 0.15) is 0 Å². The van der Waals surface area contributed by atoms with Crippen LogP contribution in [0.25, 0.3) is 22.3 Å². The van der Waals surface area contributed by atoms with E-state index in [1.54, 1.807) is 24.3 Å². The summed E-state index contributed by atoms with van der Waals surface area (Å²) < 4.78 is 21.6. The minimum atomic E-state index is -0.604. The highest BCUT2D eigenvalue weighted by Gasteiger charge is 2.24. The normalized spacial score (nSPS) is 10.6. The zero-order chi connectivity index (χ0) is 17.3. The summed E-state index contributed by atoms with van der Waals surface area (Å²) in [6.45, 7) is 0. The van der Waals surface area contributed by atoms with Crippen LogP contribution in [-0.4, -0.2) is 26.4 Å². The zero-order valence-electron chi connectivity index (χ0n) is 13.5. The summed E-state index contributed by atoms with van der Waals surface area (Å²) in [5.74, 6) is 0.360. The van der Waals surface area contributed by atoms with Gasteiger partial charge in [-0.15, -0.1) is 0 Å². The van der Waals surface area contributed by atoms with Gasteiger partial charge in [0, 0.05) is 11.6 Å². The molecule has 0 saturated carbocycles. The number of aromatic hydroxyl groups is 1. The van der Waals surface area contributed by atoms with Crippen molar-refractivity contribution in [3.63, 3.8) is 0 Å². The fraction of sp³-hybridized carbons (Fsp3) is 0.167. The van der Waals surface area contributed by atoms with E-state index in [0.717, 1.165) is 0 Å². The maximum Gasteiger partial charge on any atom is 0.238 e. The van der Waals surface area contributed by atoms with Crippen molar-refractivity contribution in [2.24, 2.45) is 0 Å². The summed E-state index contributed by atoms with van der Waals surface area (Å²) in [6, 6.07) is 10.4. The molecule has 3 aromatic rings. The van der Waals surface area contributed by atoms with Gasteiger partial charge in [-0.05, 0) is 0 Å². The van der Waals surface area contributed by atoms with E-state index in [1.165, 1.54) is 27.4 Å². The molecule has 1 N–H and O–H groups in total.